The summed E-state index contributed by atoms with van der Waals surface area (Å²) in [5.41, 5.74) is 0. The molecule has 3 rings (SSSR count). The van der Waals surface area contributed by atoms with Gasteiger partial charge in [0.05, 0.1) is 5.92 Å². The number of sulfonamides is 1. The number of carbonyl (C=O) groups excluding carboxylic acids is 1. The smallest absolute Gasteiger partial charge is 0.308 e. The van der Waals surface area contributed by atoms with Crippen LogP contribution in [0.1, 0.15) is 19.3 Å². The Hall–Kier alpha value is -2.00. The molecule has 26 heavy (non-hydrogen) atoms. The highest BCUT2D eigenvalue weighted by molar-refractivity contribution is 7.89. The third-order valence-electron chi connectivity index (χ3n) is 5.11. The van der Waals surface area contributed by atoms with Gasteiger partial charge in [0, 0.05) is 32.1 Å². The number of hydrogen-bond donors (Lipinski definition) is 1. The van der Waals surface area contributed by atoms with E-state index in [4.69, 9.17) is 5.11 Å². The SMILES string of the molecule is O=C(O)C1CCN(C(=O)C2CCN(S(=O)(=O)c3ccccc3F)CC2)C1. The molecule has 2 saturated heterocycles. The van der Waals surface area contributed by atoms with Crippen LogP contribution in [0.4, 0.5) is 4.39 Å². The van der Waals surface area contributed by atoms with Crippen LogP contribution >= 0.6 is 0 Å². The minimum absolute atomic E-state index is 0.114. The molecule has 142 valence electrons. The third-order valence-corrected chi connectivity index (χ3v) is 7.04. The van der Waals surface area contributed by atoms with Crippen molar-refractivity contribution < 1.29 is 27.5 Å². The van der Waals surface area contributed by atoms with E-state index in [1.54, 1.807) is 4.90 Å². The highest BCUT2D eigenvalue weighted by Crippen LogP contribution is 2.28. The molecule has 0 spiro atoms. The molecule has 2 aliphatic heterocycles. The first kappa shape index (κ1) is 18.8. The van der Waals surface area contributed by atoms with Gasteiger partial charge >= 0.3 is 5.97 Å². The monoisotopic (exact) mass is 384 g/mol. The maximum atomic E-state index is 13.8. The number of benzene rings is 1. The fraction of sp³-hybridized carbons (Fsp3) is 0.529. The van der Waals surface area contributed by atoms with Crippen LogP contribution in [0.2, 0.25) is 0 Å². The zero-order valence-electron chi connectivity index (χ0n) is 14.2. The Labute approximate surface area is 151 Å². The molecule has 1 aromatic carbocycles. The number of carboxylic acids is 1. The van der Waals surface area contributed by atoms with E-state index in [9.17, 15) is 22.4 Å². The van der Waals surface area contributed by atoms with Crippen LogP contribution in [0.3, 0.4) is 0 Å². The van der Waals surface area contributed by atoms with Gasteiger partial charge in [0.1, 0.15) is 10.7 Å². The van der Waals surface area contributed by atoms with Gasteiger partial charge in [0.15, 0.2) is 0 Å². The second kappa shape index (κ2) is 7.32. The molecule has 0 saturated carbocycles. The van der Waals surface area contributed by atoms with Gasteiger partial charge in [-0.25, -0.2) is 12.8 Å². The van der Waals surface area contributed by atoms with E-state index >= 15 is 0 Å². The van der Waals surface area contributed by atoms with Crippen molar-refractivity contribution in [3.8, 4) is 0 Å². The van der Waals surface area contributed by atoms with Gasteiger partial charge in [-0.3, -0.25) is 9.59 Å². The molecule has 1 amide bonds. The second-order valence-corrected chi connectivity index (χ2v) is 8.62. The fourth-order valence-electron chi connectivity index (χ4n) is 3.56. The van der Waals surface area contributed by atoms with E-state index in [2.05, 4.69) is 0 Å². The number of amides is 1. The largest absolute Gasteiger partial charge is 0.481 e. The number of nitrogens with zero attached hydrogens (tertiary/aromatic N) is 2. The van der Waals surface area contributed by atoms with E-state index in [-0.39, 0.29) is 36.4 Å². The van der Waals surface area contributed by atoms with Crippen molar-refractivity contribution in [2.75, 3.05) is 26.2 Å². The Bertz CT molecular complexity index is 805. The molecular weight excluding hydrogens is 363 g/mol. The predicted octanol–water partition coefficient (Wildman–Crippen LogP) is 1.16. The average molecular weight is 384 g/mol. The summed E-state index contributed by atoms with van der Waals surface area (Å²) < 4.78 is 40.2. The molecule has 1 unspecified atom stereocenters. The Morgan fingerprint density at radius 3 is 2.23 bits per heavy atom. The summed E-state index contributed by atoms with van der Waals surface area (Å²) in [6, 6.07) is 5.24. The van der Waals surface area contributed by atoms with Crippen molar-refractivity contribution in [2.45, 2.75) is 24.2 Å². The number of carbonyl (C=O) groups is 2. The number of aliphatic carboxylic acids is 1. The lowest BCUT2D eigenvalue weighted by Crippen LogP contribution is -2.44. The van der Waals surface area contributed by atoms with Gasteiger partial charge in [0.2, 0.25) is 15.9 Å². The van der Waals surface area contributed by atoms with Crippen molar-refractivity contribution in [3.05, 3.63) is 30.1 Å². The van der Waals surface area contributed by atoms with Crippen LogP contribution in [0.25, 0.3) is 0 Å². The van der Waals surface area contributed by atoms with Crippen molar-refractivity contribution >= 4 is 21.9 Å². The standard InChI is InChI=1S/C17H21FN2O5S/c18-14-3-1-2-4-15(14)26(24,25)20-9-6-12(7-10-20)16(21)19-8-5-13(11-19)17(22)23/h1-4,12-13H,5-11H2,(H,22,23). The van der Waals surface area contributed by atoms with Gasteiger partial charge in [-0.1, -0.05) is 12.1 Å². The number of piperidine rings is 1. The fourth-order valence-corrected chi connectivity index (χ4v) is 5.09. The van der Waals surface area contributed by atoms with Crippen molar-refractivity contribution in [1.29, 1.82) is 0 Å². The van der Waals surface area contributed by atoms with Crippen molar-refractivity contribution in [3.63, 3.8) is 0 Å². The third kappa shape index (κ3) is 3.59. The van der Waals surface area contributed by atoms with E-state index in [0.29, 0.717) is 25.8 Å². The minimum atomic E-state index is -3.93. The van der Waals surface area contributed by atoms with E-state index in [0.717, 1.165) is 6.07 Å². The molecule has 7 nitrogen and oxygen atoms in total. The zero-order valence-corrected chi connectivity index (χ0v) is 15.0. The molecule has 1 N–H and O–H groups in total. The second-order valence-electron chi connectivity index (χ2n) is 6.72. The van der Waals surface area contributed by atoms with E-state index < -0.39 is 27.7 Å². The summed E-state index contributed by atoms with van der Waals surface area (Å²) in [6.45, 7) is 0.915. The normalized spacial score (nSPS) is 22.5. The van der Waals surface area contributed by atoms with Gasteiger partial charge in [-0.05, 0) is 31.4 Å². The molecule has 1 aromatic rings. The Kier molecular flexibility index (Phi) is 5.29. The van der Waals surface area contributed by atoms with Crippen LogP contribution in [-0.4, -0.2) is 60.8 Å². The van der Waals surface area contributed by atoms with Crippen LogP contribution in [-0.2, 0) is 19.6 Å². The topological polar surface area (TPSA) is 95.0 Å². The summed E-state index contributed by atoms with van der Waals surface area (Å²) in [5.74, 6) is -2.65. The quantitative estimate of drug-likeness (QED) is 0.841. The maximum absolute atomic E-state index is 13.8. The molecule has 2 heterocycles. The van der Waals surface area contributed by atoms with Crippen molar-refractivity contribution in [1.82, 2.24) is 9.21 Å². The van der Waals surface area contributed by atoms with Gasteiger partial charge in [0.25, 0.3) is 0 Å². The summed E-state index contributed by atoms with van der Waals surface area (Å²) in [6.07, 6.45) is 1.14. The summed E-state index contributed by atoms with van der Waals surface area (Å²) in [4.78, 5) is 24.8. The number of likely N-dealkylation sites (tertiary alicyclic amines) is 1. The lowest BCUT2D eigenvalue weighted by molar-refractivity contribution is -0.141. The lowest BCUT2D eigenvalue weighted by atomic mass is 9.96. The Morgan fingerprint density at radius 1 is 1.04 bits per heavy atom. The van der Waals surface area contributed by atoms with Crippen LogP contribution in [0.5, 0.6) is 0 Å². The molecular formula is C17H21FN2O5S. The molecule has 0 radical (unpaired) electrons. The average Bonchev–Trinajstić information content (AvgIpc) is 3.12. The Morgan fingerprint density at radius 2 is 1.65 bits per heavy atom. The van der Waals surface area contributed by atoms with Gasteiger partial charge < -0.3 is 10.0 Å². The van der Waals surface area contributed by atoms with Crippen molar-refractivity contribution in [2.24, 2.45) is 11.8 Å². The van der Waals surface area contributed by atoms with Gasteiger partial charge in [-0.2, -0.15) is 4.31 Å². The van der Waals surface area contributed by atoms with E-state index in [1.165, 1.54) is 22.5 Å². The molecule has 0 aliphatic carbocycles. The summed E-state index contributed by atoms with van der Waals surface area (Å²) >= 11 is 0. The Balaban J connectivity index is 1.62. The highest BCUT2D eigenvalue weighted by atomic mass is 32.2. The maximum Gasteiger partial charge on any atom is 0.308 e. The number of hydrogen-bond acceptors (Lipinski definition) is 4. The summed E-state index contributed by atoms with van der Waals surface area (Å²) in [5, 5.41) is 9.04. The first-order valence-corrected chi connectivity index (χ1v) is 10.0. The highest BCUT2D eigenvalue weighted by Gasteiger charge is 2.37. The number of halogens is 1. The molecule has 0 bridgehead atoms. The summed E-state index contributed by atoms with van der Waals surface area (Å²) in [7, 11) is -3.93. The molecule has 1 atom stereocenters. The molecule has 2 aliphatic rings. The first-order chi connectivity index (χ1) is 12.3. The molecule has 2 fully saturated rings. The van der Waals surface area contributed by atoms with E-state index in [1.807, 2.05) is 0 Å². The first-order valence-electron chi connectivity index (χ1n) is 8.57. The zero-order chi connectivity index (χ0) is 18.9. The number of rotatable bonds is 4. The molecule has 9 heteroatoms. The molecule has 0 aromatic heterocycles. The van der Waals surface area contributed by atoms with Crippen LogP contribution in [0.15, 0.2) is 29.2 Å². The van der Waals surface area contributed by atoms with Crippen LogP contribution < -0.4 is 0 Å². The minimum Gasteiger partial charge on any atom is -0.481 e. The number of carboxylic acid groups (broad SMARTS) is 1. The lowest BCUT2D eigenvalue weighted by Gasteiger charge is -2.32. The predicted molar refractivity (Wildman–Crippen MR) is 90.2 cm³/mol. The van der Waals surface area contributed by atoms with Crippen LogP contribution in [0, 0.1) is 17.7 Å². The van der Waals surface area contributed by atoms with Gasteiger partial charge in [-0.15, -0.1) is 0 Å².